The van der Waals surface area contributed by atoms with Crippen molar-refractivity contribution in [1.82, 2.24) is 15.4 Å². The van der Waals surface area contributed by atoms with Gasteiger partial charge in [0.1, 0.15) is 4.60 Å². The van der Waals surface area contributed by atoms with Crippen LogP contribution in [0.4, 0.5) is 0 Å². The molecule has 1 fully saturated rings. The fourth-order valence-corrected chi connectivity index (χ4v) is 2.20. The van der Waals surface area contributed by atoms with E-state index in [1.807, 2.05) is 5.01 Å². The van der Waals surface area contributed by atoms with Crippen LogP contribution in [0.2, 0.25) is 0 Å². The SMILES string of the molecule is O=C(NN1CCCCC1)c1cccnc1Br. The van der Waals surface area contributed by atoms with E-state index in [4.69, 9.17) is 0 Å². The minimum absolute atomic E-state index is 0.0955. The number of hydrogen-bond acceptors (Lipinski definition) is 3. The van der Waals surface area contributed by atoms with Crippen LogP contribution in [0.5, 0.6) is 0 Å². The number of halogens is 1. The number of aromatic nitrogens is 1. The molecule has 0 bridgehead atoms. The minimum atomic E-state index is -0.0955. The molecule has 0 spiro atoms. The second-order valence-corrected chi connectivity index (χ2v) is 4.58. The maximum absolute atomic E-state index is 11.9. The quantitative estimate of drug-likeness (QED) is 0.845. The number of piperidine rings is 1. The van der Waals surface area contributed by atoms with Crippen molar-refractivity contribution < 1.29 is 4.79 Å². The molecule has 16 heavy (non-hydrogen) atoms. The third kappa shape index (κ3) is 2.80. The van der Waals surface area contributed by atoms with E-state index in [0.29, 0.717) is 10.2 Å². The van der Waals surface area contributed by atoms with E-state index < -0.39 is 0 Å². The van der Waals surface area contributed by atoms with E-state index >= 15 is 0 Å². The van der Waals surface area contributed by atoms with Crippen LogP contribution >= 0.6 is 15.9 Å². The predicted octanol–water partition coefficient (Wildman–Crippen LogP) is 1.97. The fourth-order valence-electron chi connectivity index (χ4n) is 1.76. The summed E-state index contributed by atoms with van der Waals surface area (Å²) in [5.74, 6) is -0.0955. The first-order valence-corrected chi connectivity index (χ1v) is 6.23. The summed E-state index contributed by atoms with van der Waals surface area (Å²) in [5, 5.41) is 1.98. The summed E-state index contributed by atoms with van der Waals surface area (Å²) < 4.78 is 0.588. The van der Waals surface area contributed by atoms with Gasteiger partial charge in [-0.05, 0) is 40.9 Å². The van der Waals surface area contributed by atoms with E-state index in [1.54, 1.807) is 18.3 Å². The van der Waals surface area contributed by atoms with Gasteiger partial charge in [-0.25, -0.2) is 9.99 Å². The highest BCUT2D eigenvalue weighted by atomic mass is 79.9. The molecule has 0 aromatic carbocycles. The fraction of sp³-hybridized carbons (Fsp3) is 0.455. The summed E-state index contributed by atoms with van der Waals surface area (Å²) in [6, 6.07) is 3.52. The average molecular weight is 284 g/mol. The lowest BCUT2D eigenvalue weighted by atomic mass is 10.2. The van der Waals surface area contributed by atoms with Gasteiger partial charge >= 0.3 is 0 Å². The van der Waals surface area contributed by atoms with Gasteiger partial charge in [0.05, 0.1) is 5.56 Å². The molecule has 0 atom stereocenters. The lowest BCUT2D eigenvalue weighted by Gasteiger charge is -2.26. The number of hydrogen-bond donors (Lipinski definition) is 1. The zero-order valence-electron chi connectivity index (χ0n) is 8.95. The topological polar surface area (TPSA) is 45.2 Å². The van der Waals surface area contributed by atoms with Crippen molar-refractivity contribution in [3.8, 4) is 0 Å². The first-order chi connectivity index (χ1) is 7.77. The summed E-state index contributed by atoms with van der Waals surface area (Å²) in [7, 11) is 0. The molecular weight excluding hydrogens is 270 g/mol. The normalized spacial score (nSPS) is 17.1. The average Bonchev–Trinajstić information content (AvgIpc) is 2.31. The first kappa shape index (κ1) is 11.5. The van der Waals surface area contributed by atoms with Gasteiger partial charge in [0.2, 0.25) is 0 Å². The number of nitrogens with zero attached hydrogens (tertiary/aromatic N) is 2. The smallest absolute Gasteiger partial charge is 0.268 e. The molecule has 1 aliphatic heterocycles. The molecule has 0 aliphatic carbocycles. The Kier molecular flexibility index (Phi) is 3.90. The Labute approximate surface area is 103 Å². The molecule has 86 valence electrons. The van der Waals surface area contributed by atoms with Crippen LogP contribution in [0.15, 0.2) is 22.9 Å². The van der Waals surface area contributed by atoms with E-state index in [-0.39, 0.29) is 5.91 Å². The van der Waals surface area contributed by atoms with Crippen LogP contribution in [-0.4, -0.2) is 29.0 Å². The second kappa shape index (κ2) is 5.41. The molecule has 0 unspecified atom stereocenters. The van der Waals surface area contributed by atoms with Crippen LogP contribution in [0.1, 0.15) is 29.6 Å². The first-order valence-electron chi connectivity index (χ1n) is 5.44. The molecule has 2 heterocycles. The van der Waals surface area contributed by atoms with Gasteiger partial charge in [-0.1, -0.05) is 6.42 Å². The number of amides is 1. The number of carbonyl (C=O) groups excluding carboxylic acids is 1. The zero-order chi connectivity index (χ0) is 11.4. The predicted molar refractivity (Wildman–Crippen MR) is 64.8 cm³/mol. The monoisotopic (exact) mass is 283 g/mol. The van der Waals surface area contributed by atoms with Crippen molar-refractivity contribution in [2.24, 2.45) is 0 Å². The van der Waals surface area contributed by atoms with Gasteiger partial charge in [-0.15, -0.1) is 0 Å². The van der Waals surface area contributed by atoms with Crippen molar-refractivity contribution in [1.29, 1.82) is 0 Å². The molecule has 0 radical (unpaired) electrons. The lowest BCUT2D eigenvalue weighted by molar-refractivity contribution is 0.0749. The van der Waals surface area contributed by atoms with Gasteiger partial charge < -0.3 is 0 Å². The Morgan fingerprint density at radius 1 is 1.38 bits per heavy atom. The standard InChI is InChI=1S/C11H14BrN3O/c12-10-9(5-4-6-13-10)11(16)14-15-7-2-1-3-8-15/h4-6H,1-3,7-8H2,(H,14,16). The Morgan fingerprint density at radius 2 is 2.12 bits per heavy atom. The van der Waals surface area contributed by atoms with Crippen LogP contribution < -0.4 is 5.43 Å². The Hall–Kier alpha value is -0.940. The summed E-state index contributed by atoms with van der Waals surface area (Å²) >= 11 is 3.27. The minimum Gasteiger partial charge on any atom is -0.285 e. The van der Waals surface area contributed by atoms with Crippen molar-refractivity contribution >= 4 is 21.8 Å². The van der Waals surface area contributed by atoms with Crippen molar-refractivity contribution in [3.05, 3.63) is 28.5 Å². The molecule has 4 nitrogen and oxygen atoms in total. The third-order valence-electron chi connectivity index (χ3n) is 2.62. The zero-order valence-corrected chi connectivity index (χ0v) is 10.5. The molecule has 0 saturated carbocycles. The molecule has 2 rings (SSSR count). The number of pyridine rings is 1. The maximum atomic E-state index is 11.9. The van der Waals surface area contributed by atoms with Gasteiger partial charge in [-0.2, -0.15) is 0 Å². The van der Waals surface area contributed by atoms with E-state index in [9.17, 15) is 4.79 Å². The Balaban J connectivity index is 2.00. The highest BCUT2D eigenvalue weighted by Gasteiger charge is 2.15. The largest absolute Gasteiger partial charge is 0.285 e. The number of rotatable bonds is 2. The van der Waals surface area contributed by atoms with E-state index in [0.717, 1.165) is 25.9 Å². The van der Waals surface area contributed by atoms with E-state index in [1.165, 1.54) is 6.42 Å². The summed E-state index contributed by atoms with van der Waals surface area (Å²) in [4.78, 5) is 15.9. The third-order valence-corrected chi connectivity index (χ3v) is 3.25. The van der Waals surface area contributed by atoms with Crippen LogP contribution in [0.25, 0.3) is 0 Å². The highest BCUT2D eigenvalue weighted by molar-refractivity contribution is 9.10. The molecule has 1 aliphatic rings. The molecule has 1 amide bonds. The number of nitrogens with one attached hydrogen (secondary N) is 1. The molecule has 1 saturated heterocycles. The van der Waals surface area contributed by atoms with Gasteiger partial charge in [-0.3, -0.25) is 10.2 Å². The Bertz CT molecular complexity index is 377. The van der Waals surface area contributed by atoms with Crippen molar-refractivity contribution in [3.63, 3.8) is 0 Å². The van der Waals surface area contributed by atoms with Crippen LogP contribution in [0, 0.1) is 0 Å². The summed E-state index contributed by atoms with van der Waals surface area (Å²) in [5.41, 5.74) is 3.48. The van der Waals surface area contributed by atoms with Crippen molar-refractivity contribution in [2.75, 3.05) is 13.1 Å². The van der Waals surface area contributed by atoms with Crippen LogP contribution in [-0.2, 0) is 0 Å². The molecule has 1 aromatic rings. The molecule has 1 N–H and O–H groups in total. The summed E-state index contributed by atoms with van der Waals surface area (Å²) in [6.07, 6.45) is 5.20. The van der Waals surface area contributed by atoms with Gasteiger partial charge in [0.15, 0.2) is 0 Å². The summed E-state index contributed by atoms with van der Waals surface area (Å²) in [6.45, 7) is 1.87. The lowest BCUT2D eigenvalue weighted by Crippen LogP contribution is -2.45. The highest BCUT2D eigenvalue weighted by Crippen LogP contribution is 2.13. The van der Waals surface area contributed by atoms with E-state index in [2.05, 4.69) is 26.3 Å². The maximum Gasteiger partial charge on any atom is 0.268 e. The second-order valence-electron chi connectivity index (χ2n) is 3.83. The Morgan fingerprint density at radius 3 is 2.81 bits per heavy atom. The van der Waals surface area contributed by atoms with Gasteiger partial charge in [0.25, 0.3) is 5.91 Å². The molecular formula is C11H14BrN3O. The van der Waals surface area contributed by atoms with Crippen LogP contribution in [0.3, 0.4) is 0 Å². The van der Waals surface area contributed by atoms with Crippen molar-refractivity contribution in [2.45, 2.75) is 19.3 Å². The van der Waals surface area contributed by atoms with Gasteiger partial charge in [0, 0.05) is 19.3 Å². The number of carbonyl (C=O) groups is 1. The molecule has 5 heteroatoms. The molecule has 1 aromatic heterocycles. The number of hydrazine groups is 1.